The van der Waals surface area contributed by atoms with E-state index < -0.39 is 11.6 Å². The Morgan fingerprint density at radius 2 is 1.89 bits per heavy atom. The predicted octanol–water partition coefficient (Wildman–Crippen LogP) is 2.85. The van der Waals surface area contributed by atoms with E-state index in [0.717, 1.165) is 41.7 Å². The van der Waals surface area contributed by atoms with E-state index in [1.54, 1.807) is 30.2 Å². The SMILES string of the molecule is Cn1cc(-c2cnc(N)c(-c3nnnn3-c3ccc(OCCN4CCCCC4)c(F)c3F)c2)cn1. The van der Waals surface area contributed by atoms with Crippen molar-refractivity contribution in [3.8, 4) is 34.0 Å². The molecule has 3 aromatic heterocycles. The Bertz CT molecular complexity index is 1330. The molecule has 2 N–H and O–H groups in total. The van der Waals surface area contributed by atoms with Gasteiger partial charge in [-0.2, -0.15) is 14.2 Å². The molecule has 1 aliphatic heterocycles. The zero-order valence-electron chi connectivity index (χ0n) is 19.2. The Balaban J connectivity index is 1.40. The van der Waals surface area contributed by atoms with Gasteiger partial charge >= 0.3 is 0 Å². The molecule has 1 aliphatic rings. The van der Waals surface area contributed by atoms with E-state index in [9.17, 15) is 4.39 Å². The minimum atomic E-state index is -1.12. The molecule has 0 radical (unpaired) electrons. The van der Waals surface area contributed by atoms with Crippen LogP contribution >= 0.6 is 0 Å². The number of nitrogen functional groups attached to an aromatic ring is 1. The molecule has 4 aromatic rings. The first-order chi connectivity index (χ1) is 17.0. The zero-order valence-corrected chi connectivity index (χ0v) is 19.2. The van der Waals surface area contributed by atoms with Crippen molar-refractivity contribution in [1.82, 2.24) is 39.9 Å². The van der Waals surface area contributed by atoms with Crippen molar-refractivity contribution in [3.63, 3.8) is 0 Å². The molecule has 0 saturated carbocycles. The summed E-state index contributed by atoms with van der Waals surface area (Å²) in [7, 11) is 1.80. The van der Waals surface area contributed by atoms with Crippen molar-refractivity contribution < 1.29 is 13.5 Å². The number of benzene rings is 1. The molecule has 4 heterocycles. The number of halogens is 2. The normalized spacial score (nSPS) is 14.4. The fourth-order valence-corrected chi connectivity index (χ4v) is 4.16. The smallest absolute Gasteiger partial charge is 0.202 e. The molecule has 0 amide bonds. The van der Waals surface area contributed by atoms with Crippen molar-refractivity contribution in [2.45, 2.75) is 19.3 Å². The monoisotopic (exact) mass is 481 g/mol. The Kier molecular flexibility index (Phi) is 6.36. The number of nitrogens with two attached hydrogens (primary N) is 1. The Labute approximate surface area is 200 Å². The Hall–Kier alpha value is -3.93. The molecule has 10 nitrogen and oxygen atoms in total. The molecular weight excluding hydrogens is 456 g/mol. The summed E-state index contributed by atoms with van der Waals surface area (Å²) in [6.45, 7) is 2.94. The molecule has 1 aromatic carbocycles. The second kappa shape index (κ2) is 9.74. The fraction of sp³-hybridized carbons (Fsp3) is 0.348. The fourth-order valence-electron chi connectivity index (χ4n) is 4.16. The third kappa shape index (κ3) is 4.69. The molecule has 1 saturated heterocycles. The van der Waals surface area contributed by atoms with Crippen LogP contribution in [0, 0.1) is 11.6 Å². The lowest BCUT2D eigenvalue weighted by atomic mass is 10.1. The number of ether oxygens (including phenoxy) is 1. The van der Waals surface area contributed by atoms with Crippen LogP contribution < -0.4 is 10.5 Å². The number of likely N-dealkylation sites (tertiary alicyclic amines) is 1. The van der Waals surface area contributed by atoms with E-state index in [4.69, 9.17) is 10.5 Å². The topological polar surface area (TPSA) is 113 Å². The van der Waals surface area contributed by atoms with Crippen LogP contribution in [0.25, 0.3) is 28.2 Å². The highest BCUT2D eigenvalue weighted by molar-refractivity contribution is 5.76. The van der Waals surface area contributed by atoms with E-state index in [0.29, 0.717) is 12.1 Å². The second-order valence-electron chi connectivity index (χ2n) is 8.44. The first kappa shape index (κ1) is 22.8. The van der Waals surface area contributed by atoms with Crippen LogP contribution in [-0.4, -0.2) is 66.1 Å². The zero-order chi connectivity index (χ0) is 24.4. The van der Waals surface area contributed by atoms with Gasteiger partial charge in [-0.1, -0.05) is 6.42 Å². The van der Waals surface area contributed by atoms with E-state index in [1.165, 1.54) is 18.6 Å². The van der Waals surface area contributed by atoms with Gasteiger partial charge in [0.15, 0.2) is 17.4 Å². The molecule has 5 rings (SSSR count). The van der Waals surface area contributed by atoms with Gasteiger partial charge in [0.1, 0.15) is 18.1 Å². The lowest BCUT2D eigenvalue weighted by Gasteiger charge is -2.26. The van der Waals surface area contributed by atoms with Crippen molar-refractivity contribution in [1.29, 1.82) is 0 Å². The van der Waals surface area contributed by atoms with Crippen LogP contribution in [0.4, 0.5) is 14.6 Å². The first-order valence-electron chi connectivity index (χ1n) is 11.4. The molecule has 12 heteroatoms. The van der Waals surface area contributed by atoms with Crippen LogP contribution in [-0.2, 0) is 7.05 Å². The third-order valence-corrected chi connectivity index (χ3v) is 6.04. The molecule has 0 unspecified atom stereocenters. The summed E-state index contributed by atoms with van der Waals surface area (Å²) in [6.07, 6.45) is 8.62. The number of tetrazole rings is 1. The minimum absolute atomic E-state index is 0.123. The standard InChI is InChI=1S/C23H25F2N9O/c1-32-14-16(13-28-32)15-11-17(22(26)27-12-15)23-29-30-31-34(23)18-5-6-19(21(25)20(18)24)35-10-9-33-7-3-2-4-8-33/h5-6,11-14H,2-4,7-10H2,1H3,(H2,26,27). The third-order valence-electron chi connectivity index (χ3n) is 6.04. The lowest BCUT2D eigenvalue weighted by Crippen LogP contribution is -2.33. The van der Waals surface area contributed by atoms with Crippen molar-refractivity contribution in [3.05, 3.63) is 48.4 Å². The molecule has 0 aliphatic carbocycles. The first-order valence-corrected chi connectivity index (χ1v) is 11.4. The quantitative estimate of drug-likeness (QED) is 0.429. The van der Waals surface area contributed by atoms with Gasteiger partial charge in [-0.25, -0.2) is 9.37 Å². The van der Waals surface area contributed by atoms with Crippen LogP contribution in [0.5, 0.6) is 5.75 Å². The van der Waals surface area contributed by atoms with Crippen molar-refractivity contribution in [2.24, 2.45) is 7.05 Å². The largest absolute Gasteiger partial charge is 0.489 e. The number of nitrogens with zero attached hydrogens (tertiary/aromatic N) is 8. The maximum atomic E-state index is 15.1. The minimum Gasteiger partial charge on any atom is -0.489 e. The van der Waals surface area contributed by atoms with Crippen molar-refractivity contribution in [2.75, 3.05) is 32.0 Å². The highest BCUT2D eigenvalue weighted by atomic mass is 19.2. The van der Waals surface area contributed by atoms with Gasteiger partial charge in [0.2, 0.25) is 5.82 Å². The van der Waals surface area contributed by atoms with Gasteiger partial charge in [-0.05, 0) is 54.6 Å². The maximum absolute atomic E-state index is 15.1. The molecule has 0 atom stereocenters. The summed E-state index contributed by atoms with van der Waals surface area (Å²) in [4.78, 5) is 6.48. The second-order valence-corrected chi connectivity index (χ2v) is 8.44. The average Bonchev–Trinajstić information content (AvgIpc) is 3.52. The van der Waals surface area contributed by atoms with Crippen LogP contribution in [0.3, 0.4) is 0 Å². The van der Waals surface area contributed by atoms with Crippen LogP contribution in [0.2, 0.25) is 0 Å². The molecule has 0 spiro atoms. The highest BCUT2D eigenvalue weighted by Gasteiger charge is 2.22. The summed E-state index contributed by atoms with van der Waals surface area (Å²) >= 11 is 0. The van der Waals surface area contributed by atoms with Crippen molar-refractivity contribution >= 4 is 5.82 Å². The summed E-state index contributed by atoms with van der Waals surface area (Å²) in [6, 6.07) is 4.49. The van der Waals surface area contributed by atoms with Crippen LogP contribution in [0.15, 0.2) is 36.8 Å². The molecule has 1 fully saturated rings. The number of pyridine rings is 1. The van der Waals surface area contributed by atoms with Gasteiger partial charge in [-0.3, -0.25) is 9.58 Å². The maximum Gasteiger partial charge on any atom is 0.202 e. The summed E-state index contributed by atoms with van der Waals surface area (Å²) in [5.41, 5.74) is 7.82. The number of aryl methyl sites for hydroxylation is 1. The summed E-state index contributed by atoms with van der Waals surface area (Å²) in [5, 5.41) is 15.7. The number of anilines is 1. The Morgan fingerprint density at radius 3 is 2.66 bits per heavy atom. The number of hydrogen-bond acceptors (Lipinski definition) is 8. The van der Waals surface area contributed by atoms with Gasteiger partial charge in [0.25, 0.3) is 0 Å². The van der Waals surface area contributed by atoms with Gasteiger partial charge < -0.3 is 10.5 Å². The van der Waals surface area contributed by atoms with E-state index in [1.807, 2.05) is 6.20 Å². The lowest BCUT2D eigenvalue weighted by molar-refractivity contribution is 0.179. The average molecular weight is 482 g/mol. The van der Waals surface area contributed by atoms with Gasteiger partial charge in [0, 0.05) is 37.1 Å². The highest BCUT2D eigenvalue weighted by Crippen LogP contribution is 2.31. The van der Waals surface area contributed by atoms with Gasteiger partial charge in [0.05, 0.1) is 11.8 Å². The van der Waals surface area contributed by atoms with E-state index in [-0.39, 0.29) is 29.7 Å². The number of rotatable bonds is 7. The summed E-state index contributed by atoms with van der Waals surface area (Å²) < 4.78 is 38.3. The number of piperidine rings is 1. The molecule has 182 valence electrons. The molecule has 35 heavy (non-hydrogen) atoms. The van der Waals surface area contributed by atoms with E-state index in [2.05, 4.69) is 30.5 Å². The van der Waals surface area contributed by atoms with Gasteiger partial charge in [-0.15, -0.1) is 5.10 Å². The molecular formula is C23H25F2N9O. The van der Waals surface area contributed by atoms with E-state index >= 15 is 4.39 Å². The Morgan fingerprint density at radius 1 is 1.06 bits per heavy atom. The van der Waals surface area contributed by atoms with Crippen LogP contribution in [0.1, 0.15) is 19.3 Å². The number of aromatic nitrogens is 7. The summed E-state index contributed by atoms with van der Waals surface area (Å²) in [5.74, 6) is -2.11. The molecule has 0 bridgehead atoms. The number of hydrogen-bond donors (Lipinski definition) is 1. The predicted molar refractivity (Wildman–Crippen MR) is 125 cm³/mol.